The summed E-state index contributed by atoms with van der Waals surface area (Å²) in [6.07, 6.45) is 0. The van der Waals surface area contributed by atoms with Crippen molar-refractivity contribution in [1.29, 1.82) is 0 Å². The maximum absolute atomic E-state index is 9.05. The van der Waals surface area contributed by atoms with Crippen LogP contribution in [0.4, 0.5) is 0 Å². The molecule has 0 spiro atoms. The highest BCUT2D eigenvalue weighted by Gasteiger charge is 2.22. The highest BCUT2D eigenvalue weighted by atomic mass is 32.1. The van der Waals surface area contributed by atoms with E-state index in [1.54, 1.807) is 22.7 Å². The Labute approximate surface area is 342 Å². The van der Waals surface area contributed by atoms with Gasteiger partial charge < -0.3 is 4.57 Å². The average molecular weight is 768 g/mol. The molecule has 12 rings (SSSR count). The molecule has 8 aromatic carbocycles. The number of fused-ring (bicyclic) bond motifs is 9. The number of aromatic nitrogens is 4. The quantitative estimate of drug-likeness (QED) is 0.175. The summed E-state index contributed by atoms with van der Waals surface area (Å²) >= 11 is 3.32. The van der Waals surface area contributed by atoms with Crippen molar-refractivity contribution in [3.05, 3.63) is 182 Å². The van der Waals surface area contributed by atoms with E-state index in [2.05, 4.69) is 126 Å². The molecule has 4 heterocycles. The second kappa shape index (κ2) is 12.8. The summed E-state index contributed by atoms with van der Waals surface area (Å²) in [7, 11) is 0. The second-order valence-corrected chi connectivity index (χ2v) is 16.0. The van der Waals surface area contributed by atoms with Crippen LogP contribution in [-0.4, -0.2) is 19.5 Å². The minimum Gasteiger partial charge on any atom is -0.309 e. The van der Waals surface area contributed by atoms with Crippen LogP contribution in [0.1, 0.15) is 6.85 Å². The molecule has 12 aromatic rings. The predicted molar refractivity (Wildman–Crippen MR) is 242 cm³/mol. The van der Waals surface area contributed by atoms with E-state index in [0.717, 1.165) is 90.1 Å². The normalized spacial score (nSPS) is 13.1. The van der Waals surface area contributed by atoms with Gasteiger partial charge in [-0.25, -0.2) is 15.0 Å². The zero-order chi connectivity index (χ0) is 41.8. The van der Waals surface area contributed by atoms with Crippen LogP contribution in [0.2, 0.25) is 0 Å². The molecule has 0 amide bonds. The summed E-state index contributed by atoms with van der Waals surface area (Å²) in [6, 6.07) is 50.2. The summed E-state index contributed by atoms with van der Waals surface area (Å²) in [6.45, 7) is 0. The molecule has 0 saturated heterocycles. The summed E-state index contributed by atoms with van der Waals surface area (Å²) in [5.41, 5.74) is 6.65. The van der Waals surface area contributed by atoms with Gasteiger partial charge in [0.1, 0.15) is 0 Å². The summed E-state index contributed by atoms with van der Waals surface area (Å²) in [4.78, 5) is 15.4. The Morgan fingerprint density at radius 2 is 0.965 bits per heavy atom. The van der Waals surface area contributed by atoms with Gasteiger partial charge in [-0.1, -0.05) is 145 Å². The van der Waals surface area contributed by atoms with Gasteiger partial charge in [0.05, 0.1) is 17.9 Å². The van der Waals surface area contributed by atoms with Crippen molar-refractivity contribution in [2.24, 2.45) is 0 Å². The van der Waals surface area contributed by atoms with Gasteiger partial charge in [-0.05, 0) is 47.5 Å². The summed E-state index contributed by atoms with van der Waals surface area (Å²) in [5.74, 6) is 0.674. The lowest BCUT2D eigenvalue weighted by Gasteiger charge is -2.13. The van der Waals surface area contributed by atoms with Crippen LogP contribution in [0.5, 0.6) is 0 Å². The van der Waals surface area contributed by atoms with Crippen LogP contribution in [0.3, 0.4) is 0 Å². The van der Waals surface area contributed by atoms with Gasteiger partial charge in [0.2, 0.25) is 0 Å². The van der Waals surface area contributed by atoms with Gasteiger partial charge in [-0.3, -0.25) is 0 Å². The molecular weight excluding hydrogens is 733 g/mol. The molecule has 6 heteroatoms. The first-order valence-electron chi connectivity index (χ1n) is 21.1. The van der Waals surface area contributed by atoms with Crippen LogP contribution in [0.15, 0.2) is 182 Å². The number of benzene rings is 8. The van der Waals surface area contributed by atoms with E-state index >= 15 is 0 Å². The van der Waals surface area contributed by atoms with Crippen molar-refractivity contribution >= 4 is 84.8 Å². The first-order chi connectivity index (χ1) is 30.3. The van der Waals surface area contributed by atoms with E-state index in [9.17, 15) is 0 Å². The fraction of sp³-hybridized carbons (Fsp3) is 0. The number of thiophene rings is 2. The summed E-state index contributed by atoms with van der Waals surface area (Å²) in [5, 5.41) is 6.56. The SMILES string of the molecule is [2H]c1c([2H])c([2H])c(-c2nc(-c3cccc4c3sc3ccccc34)nc(-c3cc(-n4c5ccccc5c5ccccc54)cc4c3sc3c(-c5ccccc5)cccc34)n2)c([2H])c1[2H]. The van der Waals surface area contributed by atoms with E-state index in [1.807, 2.05) is 30.3 Å². The molecule has 0 aliphatic rings. The summed E-state index contributed by atoms with van der Waals surface area (Å²) < 4.78 is 50.2. The highest BCUT2D eigenvalue weighted by Crippen LogP contribution is 2.46. The molecule has 57 heavy (non-hydrogen) atoms. The molecule has 0 aliphatic heterocycles. The standard InChI is InChI=1S/C51H30N4S2/c1-3-15-31(16-4-1)34-22-13-24-39-41-29-33(55-43-26-10-7-19-35(43)36-20-8-11-27-44(36)55)30-42(48(41)57-46(34)39)51-53-49(32-17-5-2-6-18-32)52-50(54-51)40-25-14-23-38-37-21-9-12-28-45(37)56-47(38)40/h1-30H/i2D,5D,6D,17D,18D. The Morgan fingerprint density at radius 1 is 0.404 bits per heavy atom. The molecule has 0 fully saturated rings. The third-order valence-electron chi connectivity index (χ3n) is 10.8. The van der Waals surface area contributed by atoms with Gasteiger partial charge in [0, 0.05) is 73.5 Å². The molecule has 0 radical (unpaired) electrons. The van der Waals surface area contributed by atoms with Crippen molar-refractivity contribution < 1.29 is 6.85 Å². The highest BCUT2D eigenvalue weighted by molar-refractivity contribution is 7.27. The van der Waals surface area contributed by atoms with Gasteiger partial charge >= 0.3 is 0 Å². The molecule has 0 aliphatic carbocycles. The van der Waals surface area contributed by atoms with Crippen LogP contribution >= 0.6 is 22.7 Å². The zero-order valence-electron chi connectivity index (χ0n) is 35.0. The Kier molecular flexibility index (Phi) is 6.18. The number of hydrogen-bond acceptors (Lipinski definition) is 5. The number of nitrogens with zero attached hydrogens (tertiary/aromatic N) is 4. The van der Waals surface area contributed by atoms with E-state index in [0.29, 0.717) is 11.6 Å². The molecular formula is C51H30N4S2. The first kappa shape index (κ1) is 27.6. The minimum atomic E-state index is -0.478. The van der Waals surface area contributed by atoms with Crippen molar-refractivity contribution in [3.63, 3.8) is 0 Å². The molecule has 0 atom stereocenters. The van der Waals surface area contributed by atoms with Gasteiger partial charge in [-0.15, -0.1) is 22.7 Å². The second-order valence-electron chi connectivity index (χ2n) is 14.0. The van der Waals surface area contributed by atoms with E-state index < -0.39 is 18.1 Å². The third-order valence-corrected chi connectivity index (χ3v) is 13.3. The molecule has 0 bridgehead atoms. The van der Waals surface area contributed by atoms with E-state index in [1.165, 1.54) is 0 Å². The maximum Gasteiger partial charge on any atom is 0.165 e. The van der Waals surface area contributed by atoms with Crippen LogP contribution in [-0.2, 0) is 0 Å². The third kappa shape index (κ3) is 5.08. The molecule has 266 valence electrons. The Morgan fingerprint density at radius 3 is 1.72 bits per heavy atom. The average Bonchev–Trinajstić information content (AvgIpc) is 4.00. The smallest absolute Gasteiger partial charge is 0.165 e. The Hall–Kier alpha value is -6.99. The number of para-hydroxylation sites is 2. The lowest BCUT2D eigenvalue weighted by Crippen LogP contribution is -2.01. The van der Waals surface area contributed by atoms with Crippen molar-refractivity contribution in [2.45, 2.75) is 0 Å². The number of rotatable bonds is 5. The van der Waals surface area contributed by atoms with E-state index in [-0.39, 0.29) is 23.5 Å². The number of hydrogen-bond donors (Lipinski definition) is 0. The van der Waals surface area contributed by atoms with Crippen molar-refractivity contribution in [1.82, 2.24) is 19.5 Å². The molecule has 4 aromatic heterocycles. The lowest BCUT2D eigenvalue weighted by molar-refractivity contribution is 1.08. The zero-order valence-corrected chi connectivity index (χ0v) is 31.7. The first-order valence-corrected chi connectivity index (χ1v) is 20.2. The van der Waals surface area contributed by atoms with Crippen LogP contribution < -0.4 is 0 Å². The van der Waals surface area contributed by atoms with Gasteiger partial charge in [0.15, 0.2) is 17.5 Å². The van der Waals surface area contributed by atoms with Crippen molar-refractivity contribution in [3.8, 4) is 51.0 Å². The van der Waals surface area contributed by atoms with Crippen LogP contribution in [0.25, 0.3) is 113 Å². The maximum atomic E-state index is 9.05. The van der Waals surface area contributed by atoms with Crippen LogP contribution in [0, 0.1) is 0 Å². The fourth-order valence-electron chi connectivity index (χ4n) is 8.24. The Bertz CT molecular complexity index is 3750. The molecule has 0 saturated carbocycles. The van der Waals surface area contributed by atoms with Gasteiger partial charge in [0.25, 0.3) is 0 Å². The van der Waals surface area contributed by atoms with E-state index in [4.69, 9.17) is 21.8 Å². The monoisotopic (exact) mass is 767 g/mol. The minimum absolute atomic E-state index is 0.00150. The van der Waals surface area contributed by atoms with Gasteiger partial charge in [-0.2, -0.15) is 0 Å². The predicted octanol–water partition coefficient (Wildman–Crippen LogP) is 14.4. The largest absolute Gasteiger partial charge is 0.309 e. The Balaban J connectivity index is 1.22. The molecule has 0 unspecified atom stereocenters. The lowest BCUT2D eigenvalue weighted by atomic mass is 10.0. The topological polar surface area (TPSA) is 43.6 Å². The molecule has 4 nitrogen and oxygen atoms in total. The fourth-order valence-corrected chi connectivity index (χ4v) is 10.8. The van der Waals surface area contributed by atoms with Crippen molar-refractivity contribution in [2.75, 3.05) is 0 Å². The molecule has 0 N–H and O–H groups in total.